The molecule has 0 amide bonds. The first-order valence-electron chi connectivity index (χ1n) is 6.55. The molecule has 1 aliphatic rings. The number of hydrogen-bond donors (Lipinski definition) is 3. The molecular weight excluding hydrogens is 376 g/mol. The van der Waals surface area contributed by atoms with Crippen molar-refractivity contribution in [3.8, 4) is 10.4 Å². The first-order valence-corrected chi connectivity index (χ1v) is 8.16. The third kappa shape index (κ3) is 2.82. The Morgan fingerprint density at radius 3 is 2.82 bits per heavy atom. The zero-order chi connectivity index (χ0) is 15.9. The molecule has 3 heterocycles. The molecule has 0 unspecified atom stereocenters. The number of aliphatic hydroxyl groups is 2. The number of aromatic amines is 1. The van der Waals surface area contributed by atoms with Crippen molar-refractivity contribution in [2.24, 2.45) is 0 Å². The van der Waals surface area contributed by atoms with Gasteiger partial charge in [-0.15, -0.1) is 11.3 Å². The van der Waals surface area contributed by atoms with E-state index in [2.05, 4.69) is 20.9 Å². The maximum Gasteiger partial charge on any atom is 0.330 e. The van der Waals surface area contributed by atoms with Crippen molar-refractivity contribution >= 4 is 27.3 Å². The summed E-state index contributed by atoms with van der Waals surface area (Å²) >= 11 is 4.70. The van der Waals surface area contributed by atoms with Crippen LogP contribution >= 0.6 is 27.3 Å². The quantitative estimate of drug-likeness (QED) is 0.716. The summed E-state index contributed by atoms with van der Waals surface area (Å²) in [5, 5.41) is 18.9. The molecule has 0 spiro atoms. The normalized spacial score (nSPS) is 24.8. The van der Waals surface area contributed by atoms with Crippen molar-refractivity contribution < 1.29 is 14.9 Å². The largest absolute Gasteiger partial charge is 0.394 e. The van der Waals surface area contributed by atoms with Crippen LogP contribution in [-0.2, 0) is 4.74 Å². The summed E-state index contributed by atoms with van der Waals surface area (Å²) in [6, 6.07) is 3.58. The van der Waals surface area contributed by atoms with Crippen molar-refractivity contribution in [3.05, 3.63) is 43.0 Å². The SMILES string of the molecule is O=c1[nH]c(=O)n([C@@H]2C[C@@H](O)[C@H](CO)O2)cc1-c1ccc(Br)s1. The molecule has 118 valence electrons. The highest BCUT2D eigenvalue weighted by Crippen LogP contribution is 2.31. The number of H-pyrrole nitrogens is 1. The van der Waals surface area contributed by atoms with Crippen LogP contribution in [-0.4, -0.2) is 38.6 Å². The fourth-order valence-corrected chi connectivity index (χ4v) is 3.78. The van der Waals surface area contributed by atoms with Gasteiger partial charge in [0.05, 0.1) is 22.1 Å². The van der Waals surface area contributed by atoms with Crippen molar-refractivity contribution in [2.45, 2.75) is 24.9 Å². The number of rotatable bonds is 3. The minimum atomic E-state index is -0.854. The van der Waals surface area contributed by atoms with Crippen LogP contribution in [0.1, 0.15) is 12.6 Å². The highest BCUT2D eigenvalue weighted by Gasteiger charge is 2.35. The molecule has 0 radical (unpaired) electrons. The Balaban J connectivity index is 2.03. The Labute approximate surface area is 136 Å². The van der Waals surface area contributed by atoms with Gasteiger partial charge in [-0.3, -0.25) is 14.3 Å². The Morgan fingerprint density at radius 1 is 1.45 bits per heavy atom. The number of nitrogens with zero attached hydrogens (tertiary/aromatic N) is 1. The summed E-state index contributed by atoms with van der Waals surface area (Å²) in [6.45, 7) is -0.333. The second kappa shape index (κ2) is 6.09. The summed E-state index contributed by atoms with van der Waals surface area (Å²) in [7, 11) is 0. The zero-order valence-corrected chi connectivity index (χ0v) is 13.6. The molecular formula is C13H13BrN2O5S. The summed E-state index contributed by atoms with van der Waals surface area (Å²) in [4.78, 5) is 27.0. The number of halogens is 1. The van der Waals surface area contributed by atoms with Gasteiger partial charge in [0.1, 0.15) is 12.3 Å². The Hall–Kier alpha value is -1.26. The van der Waals surface area contributed by atoms with E-state index in [-0.39, 0.29) is 13.0 Å². The maximum absolute atomic E-state index is 12.0. The molecule has 3 atom stereocenters. The number of nitrogens with one attached hydrogen (secondary N) is 1. The number of hydrogen-bond acceptors (Lipinski definition) is 6. The van der Waals surface area contributed by atoms with Gasteiger partial charge in [0.25, 0.3) is 5.56 Å². The molecule has 7 nitrogen and oxygen atoms in total. The van der Waals surface area contributed by atoms with Gasteiger partial charge in [0.15, 0.2) is 0 Å². The van der Waals surface area contributed by atoms with Gasteiger partial charge in [-0.25, -0.2) is 4.79 Å². The number of thiophene rings is 1. The minimum Gasteiger partial charge on any atom is -0.394 e. The van der Waals surface area contributed by atoms with Gasteiger partial charge in [0, 0.05) is 17.5 Å². The molecule has 3 N–H and O–H groups in total. The summed E-state index contributed by atoms with van der Waals surface area (Å²) in [5.41, 5.74) is -0.742. The first-order chi connectivity index (χ1) is 10.5. The van der Waals surface area contributed by atoms with Crippen LogP contribution in [0.25, 0.3) is 10.4 Å². The highest BCUT2D eigenvalue weighted by atomic mass is 79.9. The lowest BCUT2D eigenvalue weighted by Gasteiger charge is -2.15. The van der Waals surface area contributed by atoms with E-state index in [1.807, 2.05) is 6.07 Å². The van der Waals surface area contributed by atoms with Crippen LogP contribution in [0.15, 0.2) is 31.7 Å². The Bertz CT molecular complexity index is 798. The molecule has 2 aromatic heterocycles. The summed E-state index contributed by atoms with van der Waals surface area (Å²) in [5.74, 6) is 0. The molecule has 3 rings (SSSR count). The third-order valence-corrected chi connectivity index (χ3v) is 5.16. The standard InChI is InChI=1S/C13H13BrN2O5S/c14-10-2-1-9(22-10)6-4-16(13(20)15-12(6)19)11-3-7(18)8(5-17)21-11/h1-2,4,7-8,11,17-18H,3,5H2,(H,15,19,20)/t7-,8+,11+/m1/s1. The van der Waals surface area contributed by atoms with E-state index in [0.29, 0.717) is 10.4 Å². The van der Waals surface area contributed by atoms with Crippen LogP contribution in [0.4, 0.5) is 0 Å². The lowest BCUT2D eigenvalue weighted by molar-refractivity contribution is -0.0458. The predicted molar refractivity (Wildman–Crippen MR) is 84.0 cm³/mol. The number of aromatic nitrogens is 2. The fraction of sp³-hybridized carbons (Fsp3) is 0.385. The Morgan fingerprint density at radius 2 is 2.23 bits per heavy atom. The van der Waals surface area contributed by atoms with Crippen LogP contribution in [0.5, 0.6) is 0 Å². The number of ether oxygens (including phenoxy) is 1. The summed E-state index contributed by atoms with van der Waals surface area (Å²) in [6.07, 6.45) is -0.712. The van der Waals surface area contributed by atoms with Gasteiger partial charge in [-0.05, 0) is 28.1 Å². The van der Waals surface area contributed by atoms with Crippen molar-refractivity contribution in [1.82, 2.24) is 9.55 Å². The van der Waals surface area contributed by atoms with Crippen LogP contribution < -0.4 is 11.2 Å². The smallest absolute Gasteiger partial charge is 0.330 e. The molecule has 0 aromatic carbocycles. The average Bonchev–Trinajstić information content (AvgIpc) is 3.05. The fourth-order valence-electron chi connectivity index (χ4n) is 2.38. The van der Waals surface area contributed by atoms with Crippen molar-refractivity contribution in [1.29, 1.82) is 0 Å². The maximum atomic E-state index is 12.0. The lowest BCUT2D eigenvalue weighted by atomic mass is 10.2. The van der Waals surface area contributed by atoms with Gasteiger partial charge >= 0.3 is 5.69 Å². The first kappa shape index (κ1) is 15.6. The average molecular weight is 389 g/mol. The molecule has 1 saturated heterocycles. The minimum absolute atomic E-state index is 0.171. The molecule has 0 aliphatic carbocycles. The molecule has 0 saturated carbocycles. The molecule has 9 heteroatoms. The van der Waals surface area contributed by atoms with E-state index in [1.54, 1.807) is 6.07 Å². The van der Waals surface area contributed by atoms with E-state index in [4.69, 9.17) is 9.84 Å². The molecule has 1 fully saturated rings. The number of aliphatic hydroxyl groups excluding tert-OH is 2. The van der Waals surface area contributed by atoms with Crippen molar-refractivity contribution in [3.63, 3.8) is 0 Å². The summed E-state index contributed by atoms with van der Waals surface area (Å²) < 4.78 is 7.57. The van der Waals surface area contributed by atoms with E-state index in [1.165, 1.54) is 22.1 Å². The van der Waals surface area contributed by atoms with Crippen LogP contribution in [0.2, 0.25) is 0 Å². The molecule has 22 heavy (non-hydrogen) atoms. The van der Waals surface area contributed by atoms with Crippen LogP contribution in [0, 0.1) is 0 Å². The zero-order valence-electron chi connectivity index (χ0n) is 11.2. The second-order valence-corrected chi connectivity index (χ2v) is 7.39. The van der Waals surface area contributed by atoms with Gasteiger partial charge in [-0.2, -0.15) is 0 Å². The highest BCUT2D eigenvalue weighted by molar-refractivity contribution is 9.11. The second-order valence-electron chi connectivity index (χ2n) is 4.93. The van der Waals surface area contributed by atoms with E-state index >= 15 is 0 Å². The van der Waals surface area contributed by atoms with Gasteiger partial charge < -0.3 is 14.9 Å². The van der Waals surface area contributed by atoms with Gasteiger partial charge in [-0.1, -0.05) is 0 Å². The monoisotopic (exact) mass is 388 g/mol. The van der Waals surface area contributed by atoms with E-state index in [9.17, 15) is 14.7 Å². The lowest BCUT2D eigenvalue weighted by Crippen LogP contribution is -2.33. The molecule has 2 aromatic rings. The molecule has 1 aliphatic heterocycles. The Kier molecular flexibility index (Phi) is 4.33. The van der Waals surface area contributed by atoms with E-state index < -0.39 is 29.7 Å². The van der Waals surface area contributed by atoms with Crippen LogP contribution in [0.3, 0.4) is 0 Å². The molecule has 0 bridgehead atoms. The topological polar surface area (TPSA) is 105 Å². The van der Waals surface area contributed by atoms with E-state index in [0.717, 1.165) is 3.79 Å². The predicted octanol–water partition coefficient (Wildman–Crippen LogP) is 0.668. The van der Waals surface area contributed by atoms with Gasteiger partial charge in [0.2, 0.25) is 0 Å². The van der Waals surface area contributed by atoms with Crippen molar-refractivity contribution in [2.75, 3.05) is 6.61 Å². The third-order valence-electron chi connectivity index (χ3n) is 3.50.